The summed E-state index contributed by atoms with van der Waals surface area (Å²) in [6, 6.07) is 12.1. The highest BCUT2D eigenvalue weighted by Gasteiger charge is 2.14. The lowest BCUT2D eigenvalue weighted by Crippen LogP contribution is -2.33. The van der Waals surface area contributed by atoms with Crippen LogP contribution >= 0.6 is 15.9 Å². The molecule has 0 radical (unpaired) electrons. The van der Waals surface area contributed by atoms with E-state index in [0.29, 0.717) is 5.82 Å². The van der Waals surface area contributed by atoms with Crippen LogP contribution in [0.25, 0.3) is 11.4 Å². The van der Waals surface area contributed by atoms with Gasteiger partial charge in [0.05, 0.1) is 0 Å². The van der Waals surface area contributed by atoms with Gasteiger partial charge in [0.15, 0.2) is 0 Å². The predicted octanol–water partition coefficient (Wildman–Crippen LogP) is 2.66. The minimum Gasteiger partial charge on any atom is -0.435 e. The summed E-state index contributed by atoms with van der Waals surface area (Å²) in [5, 5.41) is 13.9. The van der Waals surface area contributed by atoms with Crippen LogP contribution in [0.4, 0.5) is 8.78 Å². The van der Waals surface area contributed by atoms with Gasteiger partial charge < -0.3 is 4.74 Å². The van der Waals surface area contributed by atoms with E-state index in [2.05, 4.69) is 41.4 Å². The highest BCUT2D eigenvalue weighted by atomic mass is 79.9. The summed E-state index contributed by atoms with van der Waals surface area (Å²) in [6.45, 7) is -3.28. The zero-order chi connectivity index (χ0) is 20.1. The van der Waals surface area contributed by atoms with E-state index in [4.69, 9.17) is 0 Å². The molecule has 2 aromatic carbocycles. The third kappa shape index (κ3) is 5.16. The number of rotatable bonds is 6. The summed E-state index contributed by atoms with van der Waals surface area (Å²) >= 11 is 3.33. The Kier molecular flexibility index (Phi) is 6.04. The molecule has 3 rings (SSSR count). The van der Waals surface area contributed by atoms with Gasteiger partial charge in [0, 0.05) is 15.6 Å². The Morgan fingerprint density at radius 3 is 2.43 bits per heavy atom. The number of amides is 2. The third-order valence-corrected chi connectivity index (χ3v) is 3.96. The molecule has 0 atom stereocenters. The Labute approximate surface area is 165 Å². The first-order valence-electron chi connectivity index (χ1n) is 7.83. The van der Waals surface area contributed by atoms with Gasteiger partial charge in [0.1, 0.15) is 12.3 Å². The molecule has 0 aliphatic carbocycles. The van der Waals surface area contributed by atoms with Gasteiger partial charge >= 0.3 is 6.61 Å². The minimum atomic E-state index is -2.96. The Balaban J connectivity index is 1.58. The number of ether oxygens (including phenoxy) is 1. The maximum atomic E-state index is 12.1. The molecule has 28 heavy (non-hydrogen) atoms. The lowest BCUT2D eigenvalue weighted by Gasteiger charge is -2.06. The summed E-state index contributed by atoms with van der Waals surface area (Å²) < 4.78 is 29.3. The van der Waals surface area contributed by atoms with Crippen molar-refractivity contribution in [1.82, 2.24) is 25.5 Å². The minimum absolute atomic E-state index is 0.0924. The fourth-order valence-corrected chi connectivity index (χ4v) is 2.44. The topological polar surface area (TPSA) is 99.0 Å². The number of aromatic nitrogens is 4. The molecule has 11 heteroatoms. The molecular formula is C17H12BrF2N5O3. The van der Waals surface area contributed by atoms with Crippen molar-refractivity contribution in [2.24, 2.45) is 0 Å². The number of nitrogens with one attached hydrogen (secondary N) is 1. The SMILES string of the molecule is O=C(Cn1nnc(-c2ccc(Br)cc2)n1)NC(=O)c1ccc(OC(F)F)cc1. The predicted molar refractivity (Wildman–Crippen MR) is 96.5 cm³/mol. The fourth-order valence-electron chi connectivity index (χ4n) is 2.18. The molecule has 2 amide bonds. The number of halogens is 3. The van der Waals surface area contributed by atoms with Gasteiger partial charge in [0.25, 0.3) is 5.91 Å². The van der Waals surface area contributed by atoms with Crippen molar-refractivity contribution < 1.29 is 23.1 Å². The summed E-state index contributed by atoms with van der Waals surface area (Å²) in [5.74, 6) is -1.11. The zero-order valence-electron chi connectivity index (χ0n) is 14.1. The van der Waals surface area contributed by atoms with Crippen LogP contribution < -0.4 is 10.1 Å². The molecule has 1 N–H and O–H groups in total. The average molecular weight is 452 g/mol. The van der Waals surface area contributed by atoms with Crippen LogP contribution in [0.1, 0.15) is 10.4 Å². The molecule has 8 nitrogen and oxygen atoms in total. The summed E-state index contributed by atoms with van der Waals surface area (Å²) in [4.78, 5) is 25.1. The van der Waals surface area contributed by atoms with Crippen molar-refractivity contribution in [2.75, 3.05) is 0 Å². The second-order valence-electron chi connectivity index (χ2n) is 5.43. The first-order valence-corrected chi connectivity index (χ1v) is 8.63. The van der Waals surface area contributed by atoms with Crippen molar-refractivity contribution >= 4 is 27.7 Å². The molecule has 1 heterocycles. The first-order chi connectivity index (χ1) is 13.4. The van der Waals surface area contributed by atoms with E-state index in [-0.39, 0.29) is 17.9 Å². The molecule has 0 saturated carbocycles. The normalized spacial score (nSPS) is 10.7. The third-order valence-electron chi connectivity index (χ3n) is 3.43. The first kappa shape index (κ1) is 19.5. The molecule has 0 bridgehead atoms. The van der Waals surface area contributed by atoms with E-state index < -0.39 is 18.4 Å². The van der Waals surface area contributed by atoms with Crippen LogP contribution in [0.2, 0.25) is 0 Å². The maximum Gasteiger partial charge on any atom is 0.387 e. The number of tetrazole rings is 1. The van der Waals surface area contributed by atoms with Gasteiger partial charge in [-0.2, -0.15) is 13.6 Å². The van der Waals surface area contributed by atoms with E-state index in [1.165, 1.54) is 24.3 Å². The van der Waals surface area contributed by atoms with E-state index in [1.54, 1.807) is 12.1 Å². The molecule has 144 valence electrons. The number of hydrogen-bond acceptors (Lipinski definition) is 6. The number of carbonyl (C=O) groups excluding carboxylic acids is 2. The largest absolute Gasteiger partial charge is 0.435 e. The number of nitrogens with zero attached hydrogens (tertiary/aromatic N) is 4. The summed E-state index contributed by atoms with van der Waals surface area (Å²) in [5.41, 5.74) is 0.828. The molecule has 0 saturated heterocycles. The van der Waals surface area contributed by atoms with Crippen LogP contribution in [0.3, 0.4) is 0 Å². The lowest BCUT2D eigenvalue weighted by molar-refractivity contribution is -0.121. The highest BCUT2D eigenvalue weighted by molar-refractivity contribution is 9.10. The highest BCUT2D eigenvalue weighted by Crippen LogP contribution is 2.17. The van der Waals surface area contributed by atoms with E-state index in [0.717, 1.165) is 14.8 Å². The van der Waals surface area contributed by atoms with E-state index in [1.807, 2.05) is 12.1 Å². The van der Waals surface area contributed by atoms with E-state index in [9.17, 15) is 18.4 Å². The van der Waals surface area contributed by atoms with Crippen LogP contribution in [-0.4, -0.2) is 38.6 Å². The van der Waals surface area contributed by atoms with Gasteiger partial charge in [-0.05, 0) is 53.7 Å². The Hall–Kier alpha value is -3.21. The molecule has 0 aliphatic rings. The molecular weight excluding hydrogens is 440 g/mol. The van der Waals surface area contributed by atoms with Crippen LogP contribution in [-0.2, 0) is 11.3 Å². The number of hydrogen-bond donors (Lipinski definition) is 1. The second kappa shape index (κ2) is 8.65. The van der Waals surface area contributed by atoms with Gasteiger partial charge in [-0.25, -0.2) is 0 Å². The lowest BCUT2D eigenvalue weighted by atomic mass is 10.2. The number of imide groups is 1. The van der Waals surface area contributed by atoms with E-state index >= 15 is 0 Å². The van der Waals surface area contributed by atoms with Crippen LogP contribution in [0, 0.1) is 0 Å². The molecule has 0 unspecified atom stereocenters. The molecule has 0 fully saturated rings. The maximum absolute atomic E-state index is 12.1. The van der Waals surface area contributed by atoms with Gasteiger partial charge in [0.2, 0.25) is 11.7 Å². The smallest absolute Gasteiger partial charge is 0.387 e. The Bertz CT molecular complexity index is 977. The van der Waals surface area contributed by atoms with Crippen LogP contribution in [0.15, 0.2) is 53.0 Å². The monoisotopic (exact) mass is 451 g/mol. The zero-order valence-corrected chi connectivity index (χ0v) is 15.6. The summed E-state index contributed by atoms with van der Waals surface area (Å²) in [6.07, 6.45) is 0. The standard InChI is InChI=1S/C17H12BrF2N5O3/c18-12-5-1-10(2-6-12)15-22-24-25(23-15)9-14(26)21-16(27)11-3-7-13(8-4-11)28-17(19)20/h1-8,17H,9H2,(H,21,26,27). The molecule has 1 aromatic heterocycles. The van der Waals surface area contributed by atoms with Crippen LogP contribution in [0.5, 0.6) is 5.75 Å². The van der Waals surface area contributed by atoms with Gasteiger partial charge in [-0.15, -0.1) is 10.2 Å². The fraction of sp³-hybridized carbons (Fsp3) is 0.118. The van der Waals surface area contributed by atoms with Crippen molar-refractivity contribution in [3.63, 3.8) is 0 Å². The number of carbonyl (C=O) groups is 2. The van der Waals surface area contributed by atoms with Crippen molar-refractivity contribution in [3.8, 4) is 17.1 Å². The van der Waals surface area contributed by atoms with Crippen molar-refractivity contribution in [3.05, 3.63) is 58.6 Å². The second-order valence-corrected chi connectivity index (χ2v) is 6.35. The molecule has 0 spiro atoms. The summed E-state index contributed by atoms with van der Waals surface area (Å²) in [7, 11) is 0. The Morgan fingerprint density at radius 2 is 1.79 bits per heavy atom. The van der Waals surface area contributed by atoms with Crippen molar-refractivity contribution in [1.29, 1.82) is 0 Å². The average Bonchev–Trinajstić information content (AvgIpc) is 3.10. The quantitative estimate of drug-likeness (QED) is 0.618. The number of alkyl halides is 2. The number of benzene rings is 2. The molecule has 0 aliphatic heterocycles. The Morgan fingerprint density at radius 1 is 1.11 bits per heavy atom. The van der Waals surface area contributed by atoms with Gasteiger partial charge in [-0.3, -0.25) is 14.9 Å². The van der Waals surface area contributed by atoms with Crippen molar-refractivity contribution in [2.45, 2.75) is 13.2 Å². The van der Waals surface area contributed by atoms with Gasteiger partial charge in [-0.1, -0.05) is 15.9 Å². The molecule has 3 aromatic rings.